The molecular formula is C20H18F3N5O. The van der Waals surface area contributed by atoms with Crippen molar-refractivity contribution in [3.8, 4) is 0 Å². The number of pyridine rings is 1. The molecule has 3 atom stereocenters. The molecule has 0 radical (unpaired) electrons. The highest BCUT2D eigenvalue weighted by molar-refractivity contribution is 5.80. The van der Waals surface area contributed by atoms with Crippen molar-refractivity contribution >= 4 is 16.9 Å². The third-order valence-corrected chi connectivity index (χ3v) is 5.65. The summed E-state index contributed by atoms with van der Waals surface area (Å²) in [5.41, 5.74) is 5.50. The van der Waals surface area contributed by atoms with Gasteiger partial charge in [0.1, 0.15) is 17.4 Å². The number of hydrogen-bond acceptors (Lipinski definition) is 5. The van der Waals surface area contributed by atoms with Crippen molar-refractivity contribution in [2.24, 2.45) is 23.7 Å². The van der Waals surface area contributed by atoms with E-state index in [2.05, 4.69) is 15.1 Å². The predicted molar refractivity (Wildman–Crippen MR) is 100.0 cm³/mol. The smallest absolute Gasteiger partial charge is 0.283 e. The molecule has 2 aromatic heterocycles. The van der Waals surface area contributed by atoms with Crippen molar-refractivity contribution in [2.75, 3.05) is 0 Å². The van der Waals surface area contributed by atoms with Crippen LogP contribution in [0.3, 0.4) is 0 Å². The summed E-state index contributed by atoms with van der Waals surface area (Å²) in [6, 6.07) is 5.74. The van der Waals surface area contributed by atoms with Crippen LogP contribution in [0.15, 0.2) is 41.7 Å². The second kappa shape index (κ2) is 6.20. The minimum atomic E-state index is -2.91. The summed E-state index contributed by atoms with van der Waals surface area (Å²) < 4.78 is 50.2. The van der Waals surface area contributed by atoms with E-state index in [0.717, 1.165) is 10.9 Å². The Labute approximate surface area is 164 Å². The zero-order chi connectivity index (χ0) is 20.3. The fourth-order valence-electron chi connectivity index (χ4n) is 4.23. The van der Waals surface area contributed by atoms with Crippen molar-refractivity contribution in [2.45, 2.75) is 30.9 Å². The summed E-state index contributed by atoms with van der Waals surface area (Å²) in [7, 11) is 1.81. The quantitative estimate of drug-likeness (QED) is 0.729. The maximum Gasteiger partial charge on any atom is 0.283 e. The molecule has 3 aromatic rings. The first-order valence-corrected chi connectivity index (χ1v) is 9.24. The third kappa shape index (κ3) is 2.75. The van der Waals surface area contributed by atoms with Crippen LogP contribution in [0, 0.1) is 11.7 Å². The van der Waals surface area contributed by atoms with Gasteiger partial charge in [0.15, 0.2) is 5.54 Å². The van der Waals surface area contributed by atoms with Crippen molar-refractivity contribution in [3.63, 3.8) is 0 Å². The number of aryl methyl sites for hydroxylation is 1. The second-order valence-electron chi connectivity index (χ2n) is 7.56. The zero-order valence-electron chi connectivity index (χ0n) is 15.5. The summed E-state index contributed by atoms with van der Waals surface area (Å²) in [4.78, 5) is 8.30. The fourth-order valence-corrected chi connectivity index (χ4v) is 4.23. The number of benzene rings is 1. The highest BCUT2D eigenvalue weighted by atomic mass is 19.3. The fraction of sp³-hybridized carbons (Fsp3) is 0.350. The van der Waals surface area contributed by atoms with Crippen LogP contribution in [0.5, 0.6) is 0 Å². The van der Waals surface area contributed by atoms with Crippen LogP contribution in [0.2, 0.25) is 0 Å². The normalized spacial score (nSPS) is 25.6. The van der Waals surface area contributed by atoms with E-state index >= 15 is 0 Å². The van der Waals surface area contributed by atoms with E-state index in [4.69, 9.17) is 10.5 Å². The van der Waals surface area contributed by atoms with Crippen LogP contribution in [0.4, 0.5) is 13.2 Å². The molecule has 0 saturated heterocycles. The van der Waals surface area contributed by atoms with E-state index in [9.17, 15) is 13.2 Å². The zero-order valence-corrected chi connectivity index (χ0v) is 15.5. The molecule has 5 rings (SSSR count). The molecule has 1 aliphatic carbocycles. The van der Waals surface area contributed by atoms with Gasteiger partial charge in [0, 0.05) is 42.7 Å². The highest BCUT2D eigenvalue weighted by Gasteiger charge is 2.64. The molecule has 1 aliphatic heterocycles. The molecule has 29 heavy (non-hydrogen) atoms. The van der Waals surface area contributed by atoms with Crippen LogP contribution in [0.25, 0.3) is 10.9 Å². The van der Waals surface area contributed by atoms with E-state index in [-0.39, 0.29) is 11.6 Å². The van der Waals surface area contributed by atoms with Crippen molar-refractivity contribution in [1.29, 1.82) is 0 Å². The topological polar surface area (TPSA) is 78.3 Å². The Morgan fingerprint density at radius 1 is 1.34 bits per heavy atom. The largest absolute Gasteiger partial charge is 0.462 e. The summed E-state index contributed by atoms with van der Waals surface area (Å²) in [6.45, 7) is 0. The number of rotatable bonds is 4. The number of hydrogen-bond donors (Lipinski definition) is 1. The first kappa shape index (κ1) is 18.0. The average molecular weight is 401 g/mol. The van der Waals surface area contributed by atoms with Gasteiger partial charge in [-0.3, -0.25) is 9.67 Å². The van der Waals surface area contributed by atoms with Crippen LogP contribution >= 0.6 is 0 Å². The number of ether oxygens (including phenoxy) is 1. The molecule has 6 nitrogen and oxygen atoms in total. The summed E-state index contributed by atoms with van der Waals surface area (Å²) in [5.74, 6) is -1.33. The Balaban J connectivity index is 1.59. The molecule has 1 fully saturated rings. The van der Waals surface area contributed by atoms with E-state index in [1.807, 2.05) is 19.3 Å². The van der Waals surface area contributed by atoms with Crippen LogP contribution in [-0.4, -0.2) is 33.3 Å². The summed E-state index contributed by atoms with van der Waals surface area (Å²) in [5, 5.41) is 5.34. The Kier molecular flexibility index (Phi) is 3.84. The second-order valence-corrected chi connectivity index (χ2v) is 7.56. The van der Waals surface area contributed by atoms with Gasteiger partial charge in [-0.05, 0) is 30.2 Å². The maximum absolute atomic E-state index is 14.8. The monoisotopic (exact) mass is 401 g/mol. The number of fused-ring (bicyclic) bond motifs is 2. The Bertz CT molecular complexity index is 1140. The lowest BCUT2D eigenvalue weighted by Gasteiger charge is -2.33. The number of aliphatic imine (C=N–C) groups is 1. The molecular weight excluding hydrogens is 383 g/mol. The first-order valence-electron chi connectivity index (χ1n) is 9.24. The SMILES string of the molecule is Cn1cc2ccnc(Cc3ccc(F)c([C@@]4(C(F)F)N=C(N)O[C@@H]5C[C@@H]54)c3)c2n1. The Hall–Kier alpha value is -3.10. The number of halogens is 3. The minimum Gasteiger partial charge on any atom is -0.462 e. The lowest BCUT2D eigenvalue weighted by atomic mass is 9.83. The molecule has 2 N–H and O–H groups in total. The minimum absolute atomic E-state index is 0.156. The van der Waals surface area contributed by atoms with Crippen LogP contribution < -0.4 is 5.73 Å². The molecule has 2 aliphatic rings. The molecule has 9 heteroatoms. The number of nitrogens with zero attached hydrogens (tertiary/aromatic N) is 4. The Morgan fingerprint density at radius 3 is 2.97 bits per heavy atom. The van der Waals surface area contributed by atoms with Gasteiger partial charge in [0.25, 0.3) is 12.4 Å². The molecule has 0 unspecified atom stereocenters. The lowest BCUT2D eigenvalue weighted by molar-refractivity contribution is 0.0176. The molecule has 0 bridgehead atoms. The lowest BCUT2D eigenvalue weighted by Crippen LogP contribution is -2.43. The van der Waals surface area contributed by atoms with Gasteiger partial charge in [-0.25, -0.2) is 18.2 Å². The van der Waals surface area contributed by atoms with Crippen molar-refractivity contribution in [1.82, 2.24) is 14.8 Å². The van der Waals surface area contributed by atoms with Crippen molar-refractivity contribution < 1.29 is 17.9 Å². The third-order valence-electron chi connectivity index (χ3n) is 5.65. The average Bonchev–Trinajstić information content (AvgIpc) is 3.34. The first-order chi connectivity index (χ1) is 13.9. The molecule has 150 valence electrons. The van der Waals surface area contributed by atoms with Gasteiger partial charge in [0.2, 0.25) is 0 Å². The van der Waals surface area contributed by atoms with E-state index in [1.165, 1.54) is 12.1 Å². The molecule has 1 aromatic carbocycles. The van der Waals surface area contributed by atoms with E-state index < -0.39 is 29.8 Å². The molecule has 0 amide bonds. The van der Waals surface area contributed by atoms with Gasteiger partial charge in [-0.1, -0.05) is 6.07 Å². The highest BCUT2D eigenvalue weighted by Crippen LogP contribution is 2.56. The van der Waals surface area contributed by atoms with Gasteiger partial charge in [-0.15, -0.1) is 0 Å². The van der Waals surface area contributed by atoms with E-state index in [1.54, 1.807) is 16.9 Å². The molecule has 3 heterocycles. The predicted octanol–water partition coefficient (Wildman–Crippen LogP) is 2.89. The number of nitrogens with two attached hydrogens (primary N) is 1. The maximum atomic E-state index is 14.8. The molecule has 1 saturated carbocycles. The molecule has 0 spiro atoms. The number of amidine groups is 1. The number of aromatic nitrogens is 3. The number of alkyl halides is 2. The van der Waals surface area contributed by atoms with Crippen LogP contribution in [-0.2, 0) is 23.7 Å². The van der Waals surface area contributed by atoms with Gasteiger partial charge in [0.05, 0.1) is 5.69 Å². The van der Waals surface area contributed by atoms with Crippen LogP contribution in [0.1, 0.15) is 23.2 Å². The van der Waals surface area contributed by atoms with Gasteiger partial charge >= 0.3 is 0 Å². The van der Waals surface area contributed by atoms with Gasteiger partial charge in [-0.2, -0.15) is 5.10 Å². The van der Waals surface area contributed by atoms with Gasteiger partial charge < -0.3 is 10.5 Å². The Morgan fingerprint density at radius 2 is 2.17 bits per heavy atom. The van der Waals surface area contributed by atoms with Crippen molar-refractivity contribution in [3.05, 3.63) is 59.3 Å². The standard InChI is InChI=1S/C20H18F3N5O/c1-28-9-11-4-5-25-15(17(11)27-28)7-10-2-3-14(21)12(6-10)20(18(22)23)13-8-16(13)29-19(24)26-20/h2-6,9,13,16,18H,7-8H2,1H3,(H2,24,26)/t13-,16+,20+/m0/s1. The summed E-state index contributed by atoms with van der Waals surface area (Å²) in [6.07, 6.45) is 0.866. The summed E-state index contributed by atoms with van der Waals surface area (Å²) >= 11 is 0. The van der Waals surface area contributed by atoms with E-state index in [0.29, 0.717) is 24.1 Å².